The van der Waals surface area contributed by atoms with Gasteiger partial charge >= 0.3 is 0 Å². The molecular formula is C26H29ClFN3. The zero-order chi connectivity index (χ0) is 22.0. The van der Waals surface area contributed by atoms with Gasteiger partial charge in [0.1, 0.15) is 11.9 Å². The summed E-state index contributed by atoms with van der Waals surface area (Å²) in [4.78, 5) is 4.72. The average Bonchev–Trinajstić information content (AvgIpc) is 2.76. The Labute approximate surface area is 189 Å². The molecule has 1 fully saturated rings. The van der Waals surface area contributed by atoms with Crippen LogP contribution in [0.25, 0.3) is 5.57 Å². The molecule has 0 radical (unpaired) electrons. The van der Waals surface area contributed by atoms with Gasteiger partial charge in [0.15, 0.2) is 0 Å². The smallest absolute Gasteiger partial charge is 0.143 e. The van der Waals surface area contributed by atoms with E-state index in [0.29, 0.717) is 5.41 Å². The van der Waals surface area contributed by atoms with Crippen LogP contribution in [0.3, 0.4) is 0 Å². The van der Waals surface area contributed by atoms with E-state index in [4.69, 9.17) is 16.9 Å². The van der Waals surface area contributed by atoms with E-state index < -0.39 is 5.82 Å². The number of halogens is 2. The summed E-state index contributed by atoms with van der Waals surface area (Å²) in [5, 5.41) is 9.71. The molecule has 0 amide bonds. The van der Waals surface area contributed by atoms with Crippen LogP contribution in [0.2, 0.25) is 5.02 Å². The Balaban J connectivity index is 1.46. The van der Waals surface area contributed by atoms with E-state index in [1.54, 1.807) is 11.6 Å². The van der Waals surface area contributed by atoms with Gasteiger partial charge in [-0.25, -0.2) is 4.39 Å². The summed E-state index contributed by atoms with van der Waals surface area (Å²) in [6, 6.07) is 15.1. The summed E-state index contributed by atoms with van der Waals surface area (Å²) in [6.07, 6.45) is 3.43. The van der Waals surface area contributed by atoms with Crippen LogP contribution in [0.5, 0.6) is 0 Å². The fourth-order valence-electron chi connectivity index (χ4n) is 4.69. The van der Waals surface area contributed by atoms with Crippen LogP contribution in [-0.4, -0.2) is 37.6 Å². The zero-order valence-electron chi connectivity index (χ0n) is 18.3. The second-order valence-electron chi connectivity index (χ2n) is 9.47. The number of nitriles is 1. The molecule has 2 aliphatic rings. The second kappa shape index (κ2) is 9.02. The molecule has 0 N–H and O–H groups in total. The predicted octanol–water partition coefficient (Wildman–Crippen LogP) is 6.14. The van der Waals surface area contributed by atoms with Crippen molar-refractivity contribution in [3.05, 3.63) is 70.0 Å². The molecule has 1 saturated heterocycles. The number of nitrogens with zero attached hydrogens (tertiary/aromatic N) is 3. The van der Waals surface area contributed by atoms with Crippen molar-refractivity contribution in [3.63, 3.8) is 0 Å². The van der Waals surface area contributed by atoms with Gasteiger partial charge in [0.05, 0.1) is 5.56 Å². The normalized spacial score (nSPS) is 19.4. The molecule has 0 bridgehead atoms. The number of hydrogen-bond acceptors (Lipinski definition) is 3. The molecule has 162 valence electrons. The van der Waals surface area contributed by atoms with Crippen molar-refractivity contribution < 1.29 is 4.39 Å². The molecule has 0 unspecified atom stereocenters. The Kier molecular flexibility index (Phi) is 6.36. The molecule has 4 rings (SSSR count). The maximum Gasteiger partial charge on any atom is 0.143 e. The van der Waals surface area contributed by atoms with Gasteiger partial charge < -0.3 is 4.90 Å². The Morgan fingerprint density at radius 3 is 2.42 bits per heavy atom. The van der Waals surface area contributed by atoms with Crippen LogP contribution < -0.4 is 4.90 Å². The third-order valence-electron chi connectivity index (χ3n) is 6.60. The van der Waals surface area contributed by atoms with E-state index in [1.807, 2.05) is 24.3 Å². The van der Waals surface area contributed by atoms with E-state index >= 15 is 0 Å². The average molecular weight is 438 g/mol. The standard InChI is InChI=1S/C26H29ClFN3/c1-26(2)10-9-21(24(16-26)19-3-6-22(27)7-4-19)18-30-11-13-31(14-12-30)23-8-5-20(17-29)25(28)15-23/h3-8,15H,9-14,16,18H2,1-2H3. The minimum absolute atomic E-state index is 0.101. The number of hydrogen-bond donors (Lipinski definition) is 0. The van der Waals surface area contributed by atoms with Crippen molar-refractivity contribution in [3.8, 4) is 6.07 Å². The van der Waals surface area contributed by atoms with E-state index in [0.717, 1.165) is 56.3 Å². The van der Waals surface area contributed by atoms with Gasteiger partial charge in [-0.15, -0.1) is 0 Å². The molecule has 31 heavy (non-hydrogen) atoms. The monoisotopic (exact) mass is 437 g/mol. The van der Waals surface area contributed by atoms with Crippen molar-refractivity contribution in [2.75, 3.05) is 37.6 Å². The lowest BCUT2D eigenvalue weighted by Gasteiger charge is -2.39. The number of benzene rings is 2. The number of anilines is 1. The maximum absolute atomic E-state index is 14.0. The molecular weight excluding hydrogens is 409 g/mol. The lowest BCUT2D eigenvalue weighted by molar-refractivity contribution is 0.264. The number of rotatable bonds is 4. The second-order valence-corrected chi connectivity index (χ2v) is 9.91. The lowest BCUT2D eigenvalue weighted by atomic mass is 9.72. The Hall–Kier alpha value is -2.35. The van der Waals surface area contributed by atoms with Crippen molar-refractivity contribution in [1.82, 2.24) is 4.90 Å². The van der Waals surface area contributed by atoms with Gasteiger partial charge in [0, 0.05) is 43.4 Å². The molecule has 0 spiro atoms. The van der Waals surface area contributed by atoms with Crippen LogP contribution in [0.15, 0.2) is 48.0 Å². The van der Waals surface area contributed by atoms with E-state index in [2.05, 4.69) is 35.8 Å². The molecule has 1 aliphatic carbocycles. The van der Waals surface area contributed by atoms with Gasteiger partial charge in [0.2, 0.25) is 0 Å². The highest BCUT2D eigenvalue weighted by atomic mass is 35.5. The molecule has 0 atom stereocenters. The number of piperazine rings is 1. The van der Waals surface area contributed by atoms with E-state index in [1.165, 1.54) is 23.6 Å². The van der Waals surface area contributed by atoms with Gasteiger partial charge in [-0.1, -0.05) is 43.2 Å². The fourth-order valence-corrected chi connectivity index (χ4v) is 4.82. The summed E-state index contributed by atoms with van der Waals surface area (Å²) < 4.78 is 14.0. The van der Waals surface area contributed by atoms with Gasteiger partial charge in [0.25, 0.3) is 0 Å². The quantitative estimate of drug-likeness (QED) is 0.575. The van der Waals surface area contributed by atoms with Crippen LogP contribution in [0.4, 0.5) is 10.1 Å². The van der Waals surface area contributed by atoms with Crippen LogP contribution in [0.1, 0.15) is 44.2 Å². The first-order chi connectivity index (χ1) is 14.8. The minimum atomic E-state index is -0.440. The van der Waals surface area contributed by atoms with Gasteiger partial charge in [-0.3, -0.25) is 4.90 Å². The van der Waals surface area contributed by atoms with Crippen LogP contribution in [-0.2, 0) is 0 Å². The minimum Gasteiger partial charge on any atom is -0.369 e. The molecule has 0 aromatic heterocycles. The summed E-state index contributed by atoms with van der Waals surface area (Å²) >= 11 is 6.12. The third-order valence-corrected chi connectivity index (χ3v) is 6.86. The van der Waals surface area contributed by atoms with Gasteiger partial charge in [-0.05, 0) is 66.1 Å². The van der Waals surface area contributed by atoms with Crippen molar-refractivity contribution in [1.29, 1.82) is 5.26 Å². The highest BCUT2D eigenvalue weighted by Gasteiger charge is 2.29. The first-order valence-electron chi connectivity index (χ1n) is 11.0. The lowest BCUT2D eigenvalue weighted by Crippen LogP contribution is -2.47. The molecule has 2 aromatic carbocycles. The first kappa shape index (κ1) is 21.9. The zero-order valence-corrected chi connectivity index (χ0v) is 19.1. The van der Waals surface area contributed by atoms with Crippen molar-refractivity contribution in [2.45, 2.75) is 33.1 Å². The molecule has 1 aliphatic heterocycles. The molecule has 3 nitrogen and oxygen atoms in total. The summed E-state index contributed by atoms with van der Waals surface area (Å²) in [7, 11) is 0. The first-order valence-corrected chi connectivity index (χ1v) is 11.4. The maximum atomic E-state index is 14.0. The summed E-state index contributed by atoms with van der Waals surface area (Å²) in [5.41, 5.74) is 5.58. The largest absolute Gasteiger partial charge is 0.369 e. The predicted molar refractivity (Wildman–Crippen MR) is 126 cm³/mol. The molecule has 1 heterocycles. The molecule has 2 aromatic rings. The van der Waals surface area contributed by atoms with Gasteiger partial charge in [-0.2, -0.15) is 5.26 Å². The van der Waals surface area contributed by atoms with Crippen LogP contribution in [0, 0.1) is 22.6 Å². The highest BCUT2D eigenvalue weighted by molar-refractivity contribution is 6.30. The van der Waals surface area contributed by atoms with E-state index in [9.17, 15) is 4.39 Å². The summed E-state index contributed by atoms with van der Waals surface area (Å²) in [5.74, 6) is -0.440. The Morgan fingerprint density at radius 1 is 1.06 bits per heavy atom. The molecule has 5 heteroatoms. The Bertz CT molecular complexity index is 1010. The fraction of sp³-hybridized carbons (Fsp3) is 0.423. The Morgan fingerprint density at radius 2 is 1.77 bits per heavy atom. The summed E-state index contributed by atoms with van der Waals surface area (Å²) in [6.45, 7) is 9.32. The topological polar surface area (TPSA) is 30.3 Å². The van der Waals surface area contributed by atoms with Crippen molar-refractivity contribution >= 4 is 22.9 Å². The third kappa shape index (κ3) is 5.11. The van der Waals surface area contributed by atoms with Crippen LogP contribution >= 0.6 is 11.6 Å². The SMILES string of the molecule is CC1(C)CCC(CN2CCN(c3ccc(C#N)c(F)c3)CC2)=C(c2ccc(Cl)cc2)C1. The molecule has 0 saturated carbocycles. The van der Waals surface area contributed by atoms with E-state index in [-0.39, 0.29) is 5.56 Å². The van der Waals surface area contributed by atoms with Crippen molar-refractivity contribution in [2.24, 2.45) is 5.41 Å². The number of allylic oxidation sites excluding steroid dienone is 1. The highest BCUT2D eigenvalue weighted by Crippen LogP contribution is 2.43.